The quantitative estimate of drug-likeness (QED) is 0.564. The van der Waals surface area contributed by atoms with Crippen LogP contribution in [-0.4, -0.2) is 56.9 Å². The van der Waals surface area contributed by atoms with E-state index in [9.17, 15) is 23.6 Å². The number of fused-ring (bicyclic) bond motifs is 1. The maximum absolute atomic E-state index is 14.5. The van der Waals surface area contributed by atoms with Crippen molar-refractivity contribution in [1.82, 2.24) is 19.0 Å². The average Bonchev–Trinajstić information content (AvgIpc) is 2.80. The Balaban J connectivity index is 1.54. The monoisotopic (exact) mass is 439 g/mol. The molecule has 0 spiro atoms. The molecule has 166 valence electrons. The fourth-order valence-electron chi connectivity index (χ4n) is 3.87. The zero-order valence-corrected chi connectivity index (χ0v) is 18.0. The summed E-state index contributed by atoms with van der Waals surface area (Å²) in [5.74, 6) is -1.01. The average molecular weight is 439 g/mol. The molecule has 0 aliphatic carbocycles. The summed E-state index contributed by atoms with van der Waals surface area (Å²) in [6.45, 7) is 2.91. The lowest BCUT2D eigenvalue weighted by molar-refractivity contribution is 0.0741. The van der Waals surface area contributed by atoms with Gasteiger partial charge in [-0.05, 0) is 37.3 Å². The van der Waals surface area contributed by atoms with Gasteiger partial charge in [0, 0.05) is 45.8 Å². The van der Waals surface area contributed by atoms with Crippen molar-refractivity contribution < 1.29 is 14.0 Å². The number of nitrogens with zero attached hydrogens (tertiary/aromatic N) is 5. The molecule has 0 bridgehead atoms. The van der Waals surface area contributed by atoms with Crippen molar-refractivity contribution in [2.45, 2.75) is 6.92 Å². The van der Waals surface area contributed by atoms with Crippen molar-refractivity contribution in [3.8, 4) is 0 Å². The first-order valence-corrected chi connectivity index (χ1v) is 10.1. The van der Waals surface area contributed by atoms with Crippen molar-refractivity contribution in [3.63, 3.8) is 0 Å². The summed E-state index contributed by atoms with van der Waals surface area (Å²) in [7, 11) is 2.88. The van der Waals surface area contributed by atoms with E-state index in [1.165, 1.54) is 43.8 Å². The molecule has 1 aliphatic rings. The van der Waals surface area contributed by atoms with Crippen LogP contribution in [0.2, 0.25) is 0 Å². The highest BCUT2D eigenvalue weighted by atomic mass is 19.1. The maximum atomic E-state index is 14.5. The SMILES string of the molecule is CC(=O)c1ccc(N2CCN(C(=O)c3ccc4c(=O)n(C)c(=O)n(C)c4n3)CC2)c(F)c1. The van der Waals surface area contributed by atoms with Crippen molar-refractivity contribution in [2.75, 3.05) is 31.1 Å². The number of pyridine rings is 1. The minimum atomic E-state index is -0.522. The Labute approximate surface area is 182 Å². The molecule has 1 aromatic carbocycles. The van der Waals surface area contributed by atoms with Crippen LogP contribution in [0.3, 0.4) is 0 Å². The summed E-state index contributed by atoms with van der Waals surface area (Å²) >= 11 is 0. The van der Waals surface area contributed by atoms with Crippen LogP contribution >= 0.6 is 0 Å². The highest BCUT2D eigenvalue weighted by Crippen LogP contribution is 2.23. The molecule has 9 nitrogen and oxygen atoms in total. The van der Waals surface area contributed by atoms with Crippen LogP contribution in [0.15, 0.2) is 39.9 Å². The van der Waals surface area contributed by atoms with Gasteiger partial charge in [0.2, 0.25) is 0 Å². The van der Waals surface area contributed by atoms with Crippen LogP contribution in [0.5, 0.6) is 0 Å². The molecule has 0 radical (unpaired) electrons. The number of ketones is 1. The van der Waals surface area contributed by atoms with E-state index in [-0.39, 0.29) is 28.4 Å². The number of halogens is 1. The number of hydrogen-bond acceptors (Lipinski definition) is 6. The Morgan fingerprint density at radius 3 is 2.28 bits per heavy atom. The molecule has 1 amide bonds. The van der Waals surface area contributed by atoms with Gasteiger partial charge >= 0.3 is 5.69 Å². The standard InChI is InChI=1S/C22H22FN5O4/c1-13(29)14-4-7-18(16(23)12-14)27-8-10-28(11-9-27)21(31)17-6-5-15-19(24-17)25(2)22(32)26(3)20(15)30/h4-7,12H,8-11H2,1-3H3. The van der Waals surface area contributed by atoms with E-state index in [4.69, 9.17) is 0 Å². The summed E-state index contributed by atoms with van der Waals surface area (Å²) in [6, 6.07) is 7.37. The number of piperazine rings is 1. The third kappa shape index (κ3) is 3.57. The highest BCUT2D eigenvalue weighted by molar-refractivity contribution is 5.95. The van der Waals surface area contributed by atoms with Crippen LogP contribution in [-0.2, 0) is 14.1 Å². The lowest BCUT2D eigenvalue weighted by Crippen LogP contribution is -2.49. The van der Waals surface area contributed by atoms with E-state index in [0.29, 0.717) is 37.4 Å². The summed E-state index contributed by atoms with van der Waals surface area (Å²) in [5.41, 5.74) is -0.0167. The number of Topliss-reactive ketones (excluding diaryl/α,β-unsaturated/α-hetero) is 1. The summed E-state index contributed by atoms with van der Waals surface area (Å²) in [5, 5.41) is 0.250. The lowest BCUT2D eigenvalue weighted by atomic mass is 10.1. The molecule has 1 saturated heterocycles. The van der Waals surface area contributed by atoms with Crippen molar-refractivity contribution in [1.29, 1.82) is 0 Å². The Hall–Kier alpha value is -3.82. The first-order valence-electron chi connectivity index (χ1n) is 10.1. The summed E-state index contributed by atoms with van der Waals surface area (Å²) < 4.78 is 16.7. The van der Waals surface area contributed by atoms with Crippen LogP contribution in [0.4, 0.5) is 10.1 Å². The molecule has 0 N–H and O–H groups in total. The lowest BCUT2D eigenvalue weighted by Gasteiger charge is -2.36. The smallest absolute Gasteiger partial charge is 0.332 e. The van der Waals surface area contributed by atoms with E-state index in [1.54, 1.807) is 17.0 Å². The fraction of sp³-hybridized carbons (Fsp3) is 0.318. The number of benzene rings is 1. The minimum Gasteiger partial charge on any atom is -0.366 e. The topological polar surface area (TPSA) is 97.5 Å². The van der Waals surface area contributed by atoms with Crippen LogP contribution in [0.1, 0.15) is 27.8 Å². The predicted molar refractivity (Wildman–Crippen MR) is 117 cm³/mol. The zero-order chi connectivity index (χ0) is 23.2. The third-order valence-corrected chi connectivity index (χ3v) is 5.78. The second-order valence-corrected chi connectivity index (χ2v) is 7.78. The maximum Gasteiger partial charge on any atom is 0.332 e. The molecule has 2 aromatic heterocycles. The Kier molecular flexibility index (Phi) is 5.37. The summed E-state index contributed by atoms with van der Waals surface area (Å²) in [4.78, 5) is 56.6. The number of amides is 1. The number of aromatic nitrogens is 3. The van der Waals surface area contributed by atoms with Gasteiger partial charge in [-0.1, -0.05) is 0 Å². The van der Waals surface area contributed by atoms with E-state index in [1.807, 2.05) is 4.90 Å². The fourth-order valence-corrected chi connectivity index (χ4v) is 3.87. The van der Waals surface area contributed by atoms with E-state index < -0.39 is 17.1 Å². The minimum absolute atomic E-state index is 0.131. The molecule has 32 heavy (non-hydrogen) atoms. The van der Waals surface area contributed by atoms with Crippen molar-refractivity contribution in [2.24, 2.45) is 14.1 Å². The number of carbonyl (C=O) groups is 2. The van der Waals surface area contributed by atoms with Crippen LogP contribution in [0.25, 0.3) is 11.0 Å². The predicted octanol–water partition coefficient (Wildman–Crippen LogP) is 0.936. The molecule has 10 heteroatoms. The van der Waals surface area contributed by atoms with Gasteiger partial charge in [-0.2, -0.15) is 0 Å². The molecule has 4 rings (SSSR count). The van der Waals surface area contributed by atoms with E-state index in [2.05, 4.69) is 4.98 Å². The van der Waals surface area contributed by atoms with Gasteiger partial charge in [0.05, 0.1) is 11.1 Å². The van der Waals surface area contributed by atoms with Gasteiger partial charge in [-0.15, -0.1) is 0 Å². The van der Waals surface area contributed by atoms with Gasteiger partial charge in [0.25, 0.3) is 11.5 Å². The van der Waals surface area contributed by atoms with Gasteiger partial charge in [0.15, 0.2) is 5.78 Å². The molecular weight excluding hydrogens is 417 g/mol. The number of carbonyl (C=O) groups excluding carboxylic acids is 2. The first-order chi connectivity index (χ1) is 15.2. The van der Waals surface area contributed by atoms with Crippen molar-refractivity contribution >= 4 is 28.4 Å². The molecule has 0 atom stereocenters. The number of hydrogen-bond donors (Lipinski definition) is 0. The van der Waals surface area contributed by atoms with Gasteiger partial charge in [0.1, 0.15) is 17.2 Å². The Bertz CT molecular complexity index is 1370. The molecule has 3 aromatic rings. The van der Waals surface area contributed by atoms with Crippen LogP contribution in [0, 0.1) is 5.82 Å². The van der Waals surface area contributed by atoms with E-state index in [0.717, 1.165) is 4.57 Å². The third-order valence-electron chi connectivity index (χ3n) is 5.78. The second-order valence-electron chi connectivity index (χ2n) is 7.78. The Morgan fingerprint density at radius 2 is 1.66 bits per heavy atom. The molecule has 3 heterocycles. The Morgan fingerprint density at radius 1 is 0.969 bits per heavy atom. The number of rotatable bonds is 3. The van der Waals surface area contributed by atoms with Crippen LogP contribution < -0.4 is 16.1 Å². The molecule has 1 aliphatic heterocycles. The molecule has 0 saturated carbocycles. The normalized spacial score (nSPS) is 14.1. The largest absolute Gasteiger partial charge is 0.366 e. The number of aryl methyl sites for hydroxylation is 1. The van der Waals surface area contributed by atoms with Gasteiger partial charge < -0.3 is 9.80 Å². The van der Waals surface area contributed by atoms with E-state index >= 15 is 0 Å². The number of anilines is 1. The van der Waals surface area contributed by atoms with Gasteiger partial charge in [-0.3, -0.25) is 23.5 Å². The molecule has 1 fully saturated rings. The molecule has 0 unspecified atom stereocenters. The van der Waals surface area contributed by atoms with Crippen molar-refractivity contribution in [3.05, 3.63) is 68.2 Å². The zero-order valence-electron chi connectivity index (χ0n) is 18.0. The van der Waals surface area contributed by atoms with Gasteiger partial charge in [-0.25, -0.2) is 14.2 Å². The highest BCUT2D eigenvalue weighted by Gasteiger charge is 2.25. The second kappa shape index (κ2) is 8.03. The first kappa shape index (κ1) is 21.4. The summed E-state index contributed by atoms with van der Waals surface area (Å²) in [6.07, 6.45) is 0. The molecular formula is C22H22FN5O4.